The van der Waals surface area contributed by atoms with Crippen LogP contribution in [0.15, 0.2) is 61.2 Å². The Morgan fingerprint density at radius 1 is 1.42 bits per heavy atom. The fourth-order valence-electron chi connectivity index (χ4n) is 1.07. The smallest absolute Gasteiger partial charge is 0.333 e. The Bertz CT molecular complexity index is 481. The van der Waals surface area contributed by atoms with Crippen molar-refractivity contribution in [1.29, 1.82) is 5.26 Å². The van der Waals surface area contributed by atoms with Crippen molar-refractivity contribution in [3.63, 3.8) is 0 Å². The number of benzene rings is 1. The third-order valence-corrected chi connectivity index (χ3v) is 2.07. The summed E-state index contributed by atoms with van der Waals surface area (Å²) in [7, 11) is 1.29. The van der Waals surface area contributed by atoms with Gasteiger partial charge < -0.3 is 4.74 Å². The summed E-state index contributed by atoms with van der Waals surface area (Å²) in [5, 5.41) is 8.09. The fraction of sp³-hybridized carbons (Fsp3) is 0.125. The molecule has 0 radical (unpaired) electrons. The van der Waals surface area contributed by atoms with Crippen LogP contribution in [0.5, 0.6) is 0 Å². The van der Waals surface area contributed by atoms with E-state index in [2.05, 4.69) is 17.9 Å². The predicted molar refractivity (Wildman–Crippen MR) is 77.1 cm³/mol. The molecule has 3 nitrogen and oxygen atoms in total. The minimum atomic E-state index is -0.437. The number of hydrogen-bond donors (Lipinski definition) is 0. The largest absolute Gasteiger partial charge is 0.466 e. The van der Waals surface area contributed by atoms with Crippen LogP contribution >= 0.6 is 0 Å². The first-order chi connectivity index (χ1) is 9.15. The van der Waals surface area contributed by atoms with Gasteiger partial charge in [0.2, 0.25) is 0 Å². The average molecular weight is 255 g/mol. The third-order valence-electron chi connectivity index (χ3n) is 2.07. The Kier molecular flexibility index (Phi) is 9.10. The Labute approximate surface area is 114 Å². The normalized spacial score (nSPS) is 8.84. The number of carbonyl (C=O) groups is 1. The van der Waals surface area contributed by atoms with Crippen molar-refractivity contribution in [3.8, 4) is 6.07 Å². The first kappa shape index (κ1) is 16.4. The highest BCUT2D eigenvalue weighted by Crippen LogP contribution is 2.00. The molecule has 0 aliphatic heterocycles. The number of allylic oxidation sites excluding steroid dienone is 2. The van der Waals surface area contributed by atoms with Gasteiger partial charge in [-0.05, 0) is 12.0 Å². The second kappa shape index (κ2) is 10.5. The molecule has 0 amide bonds. The van der Waals surface area contributed by atoms with Gasteiger partial charge in [0, 0.05) is 11.6 Å². The Hall–Kier alpha value is -2.60. The molecule has 0 bridgehead atoms. The first-order valence-corrected chi connectivity index (χ1v) is 5.64. The summed E-state index contributed by atoms with van der Waals surface area (Å²) in [6.45, 7) is 7.09. The Balaban J connectivity index is 0.000000356. The number of esters is 1. The molecule has 0 saturated heterocycles. The predicted octanol–water partition coefficient (Wildman–Crippen LogP) is 3.52. The number of hydrogen-bond acceptors (Lipinski definition) is 3. The van der Waals surface area contributed by atoms with Crippen molar-refractivity contribution in [3.05, 3.63) is 66.8 Å². The van der Waals surface area contributed by atoms with E-state index in [1.54, 1.807) is 12.1 Å². The van der Waals surface area contributed by atoms with Crippen LogP contribution in [0.3, 0.4) is 0 Å². The molecule has 19 heavy (non-hydrogen) atoms. The zero-order chi connectivity index (χ0) is 14.5. The summed E-state index contributed by atoms with van der Waals surface area (Å²) in [4.78, 5) is 10.7. The van der Waals surface area contributed by atoms with Gasteiger partial charge in [-0.15, -0.1) is 0 Å². The van der Waals surface area contributed by atoms with E-state index in [4.69, 9.17) is 5.26 Å². The summed E-state index contributed by atoms with van der Waals surface area (Å²) in [5.41, 5.74) is 1.52. The van der Waals surface area contributed by atoms with Crippen LogP contribution in [-0.4, -0.2) is 13.1 Å². The molecule has 0 aliphatic carbocycles. The van der Waals surface area contributed by atoms with Crippen molar-refractivity contribution < 1.29 is 9.53 Å². The number of nitrogens with zero attached hydrogens (tertiary/aromatic N) is 1. The molecule has 0 spiro atoms. The molecule has 0 unspecified atom stereocenters. The van der Waals surface area contributed by atoms with Crippen molar-refractivity contribution >= 4 is 12.0 Å². The summed E-state index contributed by atoms with van der Waals surface area (Å²) < 4.78 is 4.39. The SMILES string of the molecule is C=C(CC=CC#N)C(=O)OC.C=Cc1ccccc1. The van der Waals surface area contributed by atoms with Gasteiger partial charge in [-0.1, -0.05) is 55.6 Å². The molecular weight excluding hydrogens is 238 g/mol. The molecule has 1 aromatic carbocycles. The number of nitriles is 1. The molecule has 0 aromatic heterocycles. The van der Waals surface area contributed by atoms with Gasteiger partial charge in [-0.3, -0.25) is 0 Å². The highest BCUT2D eigenvalue weighted by atomic mass is 16.5. The van der Waals surface area contributed by atoms with Gasteiger partial charge in [-0.25, -0.2) is 4.79 Å². The summed E-state index contributed by atoms with van der Waals surface area (Å²) >= 11 is 0. The molecule has 3 heteroatoms. The Morgan fingerprint density at radius 2 is 2.05 bits per heavy atom. The molecule has 1 rings (SSSR count). The zero-order valence-corrected chi connectivity index (χ0v) is 11.0. The quantitative estimate of drug-likeness (QED) is 0.470. The molecule has 1 aromatic rings. The van der Waals surface area contributed by atoms with Crippen LogP contribution in [0, 0.1) is 11.3 Å². The van der Waals surface area contributed by atoms with Gasteiger partial charge >= 0.3 is 5.97 Å². The number of rotatable bonds is 4. The topological polar surface area (TPSA) is 50.1 Å². The standard InChI is InChI=1S/C8H9NO2.C8H8/c1-7(8(10)11-2)5-3-4-6-9;1-2-8-6-4-3-5-7-8/h3-4H,1,5H2,2H3;2-7H,1H2. The minimum absolute atomic E-state index is 0.346. The first-order valence-electron chi connectivity index (χ1n) is 5.64. The van der Waals surface area contributed by atoms with Crippen LogP contribution < -0.4 is 0 Å². The van der Waals surface area contributed by atoms with E-state index >= 15 is 0 Å². The van der Waals surface area contributed by atoms with Gasteiger partial charge in [-0.2, -0.15) is 5.26 Å². The van der Waals surface area contributed by atoms with Gasteiger partial charge in [0.1, 0.15) is 0 Å². The van der Waals surface area contributed by atoms with E-state index < -0.39 is 5.97 Å². The molecule has 0 heterocycles. The zero-order valence-electron chi connectivity index (χ0n) is 11.0. The lowest BCUT2D eigenvalue weighted by Crippen LogP contribution is -2.02. The molecule has 0 N–H and O–H groups in total. The van der Waals surface area contributed by atoms with Gasteiger partial charge in [0.25, 0.3) is 0 Å². The van der Waals surface area contributed by atoms with Gasteiger partial charge in [0.15, 0.2) is 0 Å². The molecule has 0 fully saturated rings. The van der Waals surface area contributed by atoms with E-state index in [0.717, 1.165) is 0 Å². The van der Waals surface area contributed by atoms with Crippen LogP contribution in [0.25, 0.3) is 6.08 Å². The maximum Gasteiger partial charge on any atom is 0.333 e. The van der Waals surface area contributed by atoms with Crippen molar-refractivity contribution in [1.82, 2.24) is 0 Å². The lowest BCUT2D eigenvalue weighted by molar-refractivity contribution is -0.136. The highest BCUT2D eigenvalue weighted by molar-refractivity contribution is 5.87. The average Bonchev–Trinajstić information content (AvgIpc) is 2.48. The van der Waals surface area contributed by atoms with Crippen LogP contribution in [0.4, 0.5) is 0 Å². The van der Waals surface area contributed by atoms with E-state index in [0.29, 0.717) is 12.0 Å². The second-order valence-electron chi connectivity index (χ2n) is 3.45. The molecular formula is C16H17NO2. The summed E-state index contributed by atoms with van der Waals surface area (Å²) in [5.74, 6) is -0.437. The van der Waals surface area contributed by atoms with E-state index in [9.17, 15) is 4.79 Å². The third kappa shape index (κ3) is 8.17. The fourth-order valence-corrected chi connectivity index (χ4v) is 1.07. The van der Waals surface area contributed by atoms with Crippen molar-refractivity contribution in [2.45, 2.75) is 6.42 Å². The molecule has 98 valence electrons. The van der Waals surface area contributed by atoms with Crippen molar-refractivity contribution in [2.24, 2.45) is 0 Å². The molecule has 0 atom stereocenters. The van der Waals surface area contributed by atoms with E-state index in [1.165, 1.54) is 18.7 Å². The maximum atomic E-state index is 10.7. The monoisotopic (exact) mass is 255 g/mol. The van der Waals surface area contributed by atoms with Crippen LogP contribution in [0.1, 0.15) is 12.0 Å². The lowest BCUT2D eigenvalue weighted by atomic mass is 10.2. The van der Waals surface area contributed by atoms with Crippen molar-refractivity contribution in [2.75, 3.05) is 7.11 Å². The van der Waals surface area contributed by atoms with Gasteiger partial charge in [0.05, 0.1) is 13.2 Å². The maximum absolute atomic E-state index is 10.7. The highest BCUT2D eigenvalue weighted by Gasteiger charge is 2.02. The second-order valence-corrected chi connectivity index (χ2v) is 3.45. The van der Waals surface area contributed by atoms with E-state index in [1.807, 2.05) is 36.4 Å². The van der Waals surface area contributed by atoms with Crippen LogP contribution in [0.2, 0.25) is 0 Å². The number of ether oxygens (including phenoxy) is 1. The van der Waals surface area contributed by atoms with E-state index in [-0.39, 0.29) is 0 Å². The lowest BCUT2D eigenvalue weighted by Gasteiger charge is -1.97. The minimum Gasteiger partial charge on any atom is -0.466 e. The summed E-state index contributed by atoms with van der Waals surface area (Å²) in [6.07, 6.45) is 5.05. The number of carbonyl (C=O) groups excluding carboxylic acids is 1. The summed E-state index contributed by atoms with van der Waals surface area (Å²) in [6, 6.07) is 11.8. The number of methoxy groups -OCH3 is 1. The Morgan fingerprint density at radius 3 is 2.47 bits per heavy atom. The molecule has 0 saturated carbocycles. The van der Waals surface area contributed by atoms with Crippen LogP contribution in [-0.2, 0) is 9.53 Å². The molecule has 0 aliphatic rings.